The van der Waals surface area contributed by atoms with Gasteiger partial charge in [0.1, 0.15) is 23.8 Å². The van der Waals surface area contributed by atoms with Crippen LogP contribution in [0.4, 0.5) is 4.39 Å². The summed E-state index contributed by atoms with van der Waals surface area (Å²) >= 11 is 0. The molecule has 184 valence electrons. The third kappa shape index (κ3) is 4.95. The molecule has 0 radical (unpaired) electrons. The van der Waals surface area contributed by atoms with Gasteiger partial charge in [0.2, 0.25) is 0 Å². The molecule has 0 saturated carbocycles. The molecule has 0 spiro atoms. The lowest BCUT2D eigenvalue weighted by Crippen LogP contribution is -2.12. The third-order valence-electron chi connectivity index (χ3n) is 6.55. The van der Waals surface area contributed by atoms with Crippen LogP contribution in [0.25, 0.3) is 16.7 Å². The predicted octanol–water partition coefficient (Wildman–Crippen LogP) is 4.91. The number of benzene rings is 1. The van der Waals surface area contributed by atoms with Gasteiger partial charge in [0.15, 0.2) is 11.3 Å². The van der Waals surface area contributed by atoms with E-state index in [4.69, 9.17) is 4.74 Å². The maximum Gasteiger partial charge on any atom is 0.354 e. The Labute approximate surface area is 207 Å². The largest absolute Gasteiger partial charge is 0.477 e. The van der Waals surface area contributed by atoms with E-state index in [1.54, 1.807) is 18.3 Å². The quantitative estimate of drug-likeness (QED) is 0.395. The molecule has 0 saturated heterocycles. The number of halogens is 1. The van der Waals surface area contributed by atoms with Gasteiger partial charge in [-0.05, 0) is 67.5 Å². The van der Waals surface area contributed by atoms with Crippen LogP contribution in [0.3, 0.4) is 0 Å². The van der Waals surface area contributed by atoms with Crippen molar-refractivity contribution in [1.82, 2.24) is 24.5 Å². The van der Waals surface area contributed by atoms with Crippen LogP contribution < -0.4 is 4.74 Å². The predicted molar refractivity (Wildman–Crippen MR) is 132 cm³/mol. The average Bonchev–Trinajstić information content (AvgIpc) is 3.18. The summed E-state index contributed by atoms with van der Waals surface area (Å²) in [4.78, 5) is 28.9. The Balaban J connectivity index is 1.24. The third-order valence-corrected chi connectivity index (χ3v) is 6.55. The van der Waals surface area contributed by atoms with E-state index in [1.165, 1.54) is 12.1 Å². The second-order valence-electron chi connectivity index (χ2n) is 9.11. The number of carbonyl (C=O) groups is 1. The van der Waals surface area contributed by atoms with Crippen molar-refractivity contribution in [3.8, 4) is 6.01 Å². The Bertz CT molecular complexity index is 1480. The molecule has 8 nitrogen and oxygen atoms in total. The van der Waals surface area contributed by atoms with E-state index < -0.39 is 5.97 Å². The minimum Gasteiger partial charge on any atom is -0.477 e. The van der Waals surface area contributed by atoms with E-state index in [2.05, 4.69) is 26.0 Å². The zero-order chi connectivity index (χ0) is 25.2. The Morgan fingerprint density at radius 1 is 1.19 bits per heavy atom. The number of imidazole rings is 1. The van der Waals surface area contributed by atoms with E-state index in [1.807, 2.05) is 30.7 Å². The van der Waals surface area contributed by atoms with Crippen molar-refractivity contribution in [3.63, 3.8) is 0 Å². The smallest absolute Gasteiger partial charge is 0.354 e. The second-order valence-corrected chi connectivity index (χ2v) is 9.11. The normalized spacial score (nSPS) is 15.6. The number of carboxylic acids is 1. The molecule has 0 amide bonds. The number of allylic oxidation sites excluding steroid dienone is 2. The molecule has 36 heavy (non-hydrogen) atoms. The molecule has 0 fully saturated rings. The fourth-order valence-corrected chi connectivity index (χ4v) is 4.48. The lowest BCUT2D eigenvalue weighted by atomic mass is 9.86. The van der Waals surface area contributed by atoms with Gasteiger partial charge in [0, 0.05) is 25.2 Å². The number of aromatic nitrogens is 5. The number of rotatable bonds is 7. The van der Waals surface area contributed by atoms with Crippen molar-refractivity contribution in [2.24, 2.45) is 13.0 Å². The first-order valence-electron chi connectivity index (χ1n) is 11.8. The first-order valence-corrected chi connectivity index (χ1v) is 11.8. The van der Waals surface area contributed by atoms with Crippen molar-refractivity contribution in [2.75, 3.05) is 0 Å². The molecule has 1 atom stereocenters. The first-order chi connectivity index (χ1) is 17.4. The number of hydrogen-bond donors (Lipinski definition) is 1. The van der Waals surface area contributed by atoms with Crippen molar-refractivity contribution in [1.29, 1.82) is 0 Å². The SMILES string of the molecule is Cc1ccc(COc2nccc(C3=CCC(Cc4nc5ccc(C(=O)O)nc5n4C)CC3)n2)c(F)c1. The molecule has 9 heteroatoms. The number of carboxylic acid groups (broad SMARTS) is 1. The van der Waals surface area contributed by atoms with Gasteiger partial charge in [-0.1, -0.05) is 18.2 Å². The highest BCUT2D eigenvalue weighted by Gasteiger charge is 2.21. The van der Waals surface area contributed by atoms with E-state index >= 15 is 0 Å². The van der Waals surface area contributed by atoms with Crippen molar-refractivity contribution in [2.45, 2.75) is 39.2 Å². The van der Waals surface area contributed by atoms with Crippen LogP contribution in [0.15, 0.2) is 48.7 Å². The van der Waals surface area contributed by atoms with E-state index in [-0.39, 0.29) is 24.1 Å². The Morgan fingerprint density at radius 2 is 2.06 bits per heavy atom. The highest BCUT2D eigenvalue weighted by molar-refractivity contribution is 5.88. The van der Waals surface area contributed by atoms with Gasteiger partial charge in [-0.3, -0.25) is 0 Å². The zero-order valence-corrected chi connectivity index (χ0v) is 20.1. The standard InChI is InChI=1S/C27H26FN5O3/c1-16-3-6-19(20(28)13-16)15-36-27-29-12-11-21(32-27)18-7-4-17(5-8-18)14-24-30-22-9-10-23(26(34)35)31-25(22)33(24)2/h3,6-7,9-13,17H,4-5,8,14-15H2,1-2H3,(H,34,35). The van der Waals surface area contributed by atoms with E-state index in [0.717, 1.165) is 48.3 Å². The lowest BCUT2D eigenvalue weighted by molar-refractivity contribution is 0.0691. The molecular formula is C27H26FN5O3. The summed E-state index contributed by atoms with van der Waals surface area (Å²) in [5.41, 5.74) is 4.57. The van der Waals surface area contributed by atoms with Gasteiger partial charge in [-0.25, -0.2) is 24.1 Å². The maximum atomic E-state index is 14.1. The molecule has 1 aromatic carbocycles. The zero-order valence-electron chi connectivity index (χ0n) is 20.1. The Hall–Kier alpha value is -4.14. The molecule has 3 heterocycles. The average molecular weight is 488 g/mol. The highest BCUT2D eigenvalue weighted by Crippen LogP contribution is 2.32. The van der Waals surface area contributed by atoms with E-state index in [9.17, 15) is 14.3 Å². The Morgan fingerprint density at radius 3 is 2.81 bits per heavy atom. The van der Waals surface area contributed by atoms with Crippen LogP contribution in [-0.2, 0) is 20.1 Å². The van der Waals surface area contributed by atoms with Crippen LogP contribution in [-0.4, -0.2) is 35.6 Å². The number of ether oxygens (including phenoxy) is 1. The van der Waals surface area contributed by atoms with Gasteiger partial charge in [0.05, 0.1) is 5.69 Å². The minimum atomic E-state index is -1.05. The molecule has 1 N–H and O–H groups in total. The molecule has 1 aliphatic rings. The van der Waals surface area contributed by atoms with Gasteiger partial charge >= 0.3 is 12.0 Å². The van der Waals surface area contributed by atoms with Crippen molar-refractivity contribution >= 4 is 22.7 Å². The minimum absolute atomic E-state index is 0.0134. The fraction of sp³-hybridized carbons (Fsp3) is 0.296. The molecular weight excluding hydrogens is 461 g/mol. The monoisotopic (exact) mass is 487 g/mol. The summed E-state index contributed by atoms with van der Waals surface area (Å²) in [5, 5.41) is 9.21. The Kier molecular flexibility index (Phi) is 6.45. The van der Waals surface area contributed by atoms with Gasteiger partial charge in [-0.2, -0.15) is 4.98 Å². The highest BCUT2D eigenvalue weighted by atomic mass is 19.1. The molecule has 3 aromatic heterocycles. The summed E-state index contributed by atoms with van der Waals surface area (Å²) in [6.45, 7) is 1.91. The molecule has 5 rings (SSSR count). The number of nitrogens with zero attached hydrogens (tertiary/aromatic N) is 5. The topological polar surface area (TPSA) is 103 Å². The molecule has 1 aliphatic carbocycles. The summed E-state index contributed by atoms with van der Waals surface area (Å²) in [7, 11) is 1.87. The summed E-state index contributed by atoms with van der Waals surface area (Å²) in [6.07, 6.45) is 7.34. The maximum absolute atomic E-state index is 14.1. The first kappa shape index (κ1) is 23.6. The molecule has 0 aliphatic heterocycles. The lowest BCUT2D eigenvalue weighted by Gasteiger charge is -2.21. The number of aryl methyl sites for hydroxylation is 2. The van der Waals surface area contributed by atoms with Crippen LogP contribution in [0, 0.1) is 18.7 Å². The van der Waals surface area contributed by atoms with Gasteiger partial charge in [-0.15, -0.1) is 0 Å². The van der Waals surface area contributed by atoms with Crippen LogP contribution in [0.5, 0.6) is 6.01 Å². The summed E-state index contributed by atoms with van der Waals surface area (Å²) < 4.78 is 21.6. The van der Waals surface area contributed by atoms with Gasteiger partial charge < -0.3 is 14.4 Å². The molecule has 1 unspecified atom stereocenters. The second kappa shape index (κ2) is 9.85. The van der Waals surface area contributed by atoms with Crippen LogP contribution in [0.1, 0.15) is 52.4 Å². The molecule has 0 bridgehead atoms. The summed E-state index contributed by atoms with van der Waals surface area (Å²) in [6, 6.07) is 10.3. The summed E-state index contributed by atoms with van der Waals surface area (Å²) in [5.74, 6) is -0.0516. The number of hydrogen-bond acceptors (Lipinski definition) is 6. The number of aromatic carboxylic acids is 1. The number of pyridine rings is 1. The van der Waals surface area contributed by atoms with Crippen LogP contribution in [0.2, 0.25) is 0 Å². The number of fused-ring (bicyclic) bond motifs is 1. The fourth-order valence-electron chi connectivity index (χ4n) is 4.48. The van der Waals surface area contributed by atoms with E-state index in [0.29, 0.717) is 22.6 Å². The molecule has 4 aromatic rings. The van der Waals surface area contributed by atoms with Gasteiger partial charge in [0.25, 0.3) is 0 Å². The van der Waals surface area contributed by atoms with Crippen molar-refractivity contribution < 1.29 is 19.0 Å². The van der Waals surface area contributed by atoms with Crippen LogP contribution >= 0.6 is 0 Å². The van der Waals surface area contributed by atoms with Crippen molar-refractivity contribution in [3.05, 3.63) is 82.8 Å².